The molecular weight excluding hydrogens is 504 g/mol. The van der Waals surface area contributed by atoms with Gasteiger partial charge in [-0.2, -0.15) is 0 Å². The van der Waals surface area contributed by atoms with Crippen molar-refractivity contribution >= 4 is 0 Å². The van der Waals surface area contributed by atoms with Gasteiger partial charge in [0.25, 0.3) is 0 Å². The van der Waals surface area contributed by atoms with Gasteiger partial charge in [0.2, 0.25) is 0 Å². The van der Waals surface area contributed by atoms with Crippen LogP contribution in [0.3, 0.4) is 0 Å². The summed E-state index contributed by atoms with van der Waals surface area (Å²) in [5.74, 6) is 0.865. The number of nitrogens with one attached hydrogen (secondary N) is 1. The van der Waals surface area contributed by atoms with Gasteiger partial charge in [0.15, 0.2) is 0 Å². The van der Waals surface area contributed by atoms with Gasteiger partial charge < -0.3 is 25.2 Å². The van der Waals surface area contributed by atoms with Crippen molar-refractivity contribution < 1.29 is 46.9 Å². The molecule has 3 rings (SSSR count). The minimum Gasteiger partial charge on any atom is -0.492 e. The number of likely N-dealkylation sites (tertiary alicyclic amines) is 1. The summed E-state index contributed by atoms with van der Waals surface area (Å²) in [5, 5.41) is 38.1. The monoisotopic (exact) mass is 554 g/mol. The van der Waals surface area contributed by atoms with Crippen molar-refractivity contribution in [3.05, 3.63) is 66.2 Å². The van der Waals surface area contributed by atoms with E-state index in [-0.39, 0.29) is 40.0 Å². The van der Waals surface area contributed by atoms with Gasteiger partial charge in [0, 0.05) is 79.1 Å². The second kappa shape index (κ2) is 22.7. The number of piperidine rings is 1. The van der Waals surface area contributed by atoms with Crippen LogP contribution in [0.5, 0.6) is 5.75 Å². The Hall–Kier alpha value is -1.29. The molecule has 210 valence electrons. The number of benzene rings is 2. The molecule has 1 aliphatic rings. The molecular formula is C29H50N2O5Ti. The Balaban J connectivity index is 0. The Morgan fingerprint density at radius 3 is 1.62 bits per heavy atom. The largest absolute Gasteiger partial charge is 0.492 e. The van der Waals surface area contributed by atoms with Crippen molar-refractivity contribution in [2.45, 2.75) is 85.0 Å². The van der Waals surface area contributed by atoms with Crippen molar-refractivity contribution in [3.8, 4) is 5.75 Å². The van der Waals surface area contributed by atoms with E-state index >= 15 is 0 Å². The van der Waals surface area contributed by atoms with Crippen LogP contribution in [-0.4, -0.2) is 75.6 Å². The third kappa shape index (κ3) is 24.8. The molecule has 37 heavy (non-hydrogen) atoms. The zero-order valence-electron chi connectivity index (χ0n) is 23.6. The van der Waals surface area contributed by atoms with Crippen LogP contribution in [0.4, 0.5) is 0 Å². The van der Waals surface area contributed by atoms with Crippen LogP contribution in [0, 0.1) is 0 Å². The summed E-state index contributed by atoms with van der Waals surface area (Å²) in [4.78, 5) is 2.39. The first-order chi connectivity index (χ1) is 16.9. The van der Waals surface area contributed by atoms with Gasteiger partial charge in [-0.05, 0) is 59.2 Å². The standard InChI is InChI=1S/C20H26N2O2.3C3H8O.Ti/c23-20(21-13-16-24-19-9-5-2-6-10-19)11-14-22(15-12-20)17-18-7-3-1-4-8-18;3*1-3(2)4;/h1-10,21,23H,11-17H2;3*3-4H,1-2H3;. The molecule has 7 nitrogen and oxygen atoms in total. The molecule has 0 radical (unpaired) electrons. The molecule has 0 saturated carbocycles. The second-order valence-electron chi connectivity index (χ2n) is 9.66. The van der Waals surface area contributed by atoms with Crippen LogP contribution in [0.2, 0.25) is 0 Å². The third-order valence-corrected chi connectivity index (χ3v) is 4.50. The van der Waals surface area contributed by atoms with E-state index in [0.717, 1.165) is 38.2 Å². The molecule has 0 spiro atoms. The van der Waals surface area contributed by atoms with E-state index in [1.165, 1.54) is 5.56 Å². The Morgan fingerprint density at radius 2 is 1.19 bits per heavy atom. The smallest absolute Gasteiger partial charge is 0.119 e. The van der Waals surface area contributed by atoms with Crippen LogP contribution in [0.1, 0.15) is 59.9 Å². The maximum Gasteiger partial charge on any atom is 0.119 e. The van der Waals surface area contributed by atoms with E-state index in [2.05, 4.69) is 34.5 Å². The van der Waals surface area contributed by atoms with Crippen LogP contribution >= 0.6 is 0 Å². The van der Waals surface area contributed by atoms with Crippen LogP contribution in [-0.2, 0) is 28.3 Å². The second-order valence-corrected chi connectivity index (χ2v) is 9.66. The van der Waals surface area contributed by atoms with E-state index in [9.17, 15) is 5.11 Å². The molecule has 0 amide bonds. The molecule has 0 bridgehead atoms. The van der Waals surface area contributed by atoms with Crippen LogP contribution < -0.4 is 10.1 Å². The van der Waals surface area contributed by atoms with Gasteiger partial charge >= 0.3 is 0 Å². The number of nitrogens with zero attached hydrogens (tertiary/aromatic N) is 1. The molecule has 1 fully saturated rings. The van der Waals surface area contributed by atoms with Crippen molar-refractivity contribution in [2.75, 3.05) is 26.2 Å². The number of rotatable bonds is 7. The molecule has 1 heterocycles. The molecule has 8 heteroatoms. The van der Waals surface area contributed by atoms with E-state index in [4.69, 9.17) is 20.1 Å². The first-order valence-electron chi connectivity index (χ1n) is 12.9. The summed E-state index contributed by atoms with van der Waals surface area (Å²) in [7, 11) is 0. The molecule has 0 aliphatic carbocycles. The number of hydrogen-bond acceptors (Lipinski definition) is 7. The van der Waals surface area contributed by atoms with Gasteiger partial charge in [-0.3, -0.25) is 10.2 Å². The number of para-hydroxylation sites is 1. The minimum absolute atomic E-state index is 0. The fraction of sp³-hybridized carbons (Fsp3) is 0.586. The Labute approximate surface area is 239 Å². The summed E-state index contributed by atoms with van der Waals surface area (Å²) in [5.41, 5.74) is 0.555. The number of hydrogen-bond donors (Lipinski definition) is 5. The number of ether oxygens (including phenoxy) is 1. The van der Waals surface area contributed by atoms with E-state index in [1.807, 2.05) is 36.4 Å². The Morgan fingerprint density at radius 1 is 0.784 bits per heavy atom. The average molecular weight is 555 g/mol. The Bertz CT molecular complexity index is 712. The minimum atomic E-state index is -0.771. The van der Waals surface area contributed by atoms with Gasteiger partial charge in [0.1, 0.15) is 18.1 Å². The molecule has 1 saturated heterocycles. The Kier molecular flexibility index (Phi) is 23.2. The summed E-state index contributed by atoms with van der Waals surface area (Å²) >= 11 is 0. The average Bonchev–Trinajstić information content (AvgIpc) is 2.79. The van der Waals surface area contributed by atoms with Gasteiger partial charge in [-0.15, -0.1) is 0 Å². The van der Waals surface area contributed by atoms with Gasteiger partial charge in [0.05, 0.1) is 0 Å². The maximum atomic E-state index is 10.7. The first kappa shape index (κ1) is 37.9. The molecule has 0 unspecified atom stereocenters. The fourth-order valence-corrected chi connectivity index (χ4v) is 3.07. The number of aliphatic hydroxyl groups is 4. The van der Waals surface area contributed by atoms with E-state index in [0.29, 0.717) is 13.2 Å². The molecule has 2 aromatic carbocycles. The number of aliphatic hydroxyl groups excluding tert-OH is 3. The first-order valence-corrected chi connectivity index (χ1v) is 12.9. The summed E-state index contributed by atoms with van der Waals surface area (Å²) in [6, 6.07) is 20.3. The zero-order chi connectivity index (χ0) is 27.4. The summed E-state index contributed by atoms with van der Waals surface area (Å²) < 4.78 is 5.66. The molecule has 0 atom stereocenters. The molecule has 1 aliphatic heterocycles. The molecule has 0 aromatic heterocycles. The quantitative estimate of drug-likeness (QED) is 0.202. The van der Waals surface area contributed by atoms with E-state index < -0.39 is 5.72 Å². The van der Waals surface area contributed by atoms with Crippen LogP contribution in [0.25, 0.3) is 0 Å². The van der Waals surface area contributed by atoms with E-state index in [1.54, 1.807) is 41.5 Å². The maximum absolute atomic E-state index is 10.7. The topological polar surface area (TPSA) is 105 Å². The van der Waals surface area contributed by atoms with Gasteiger partial charge in [-0.1, -0.05) is 48.5 Å². The van der Waals surface area contributed by atoms with Gasteiger partial charge in [-0.25, -0.2) is 0 Å². The predicted octanol–water partition coefficient (Wildman–Crippen LogP) is 3.80. The van der Waals surface area contributed by atoms with Crippen molar-refractivity contribution in [2.24, 2.45) is 0 Å². The summed E-state index contributed by atoms with van der Waals surface area (Å²) in [6.45, 7) is 14.3. The summed E-state index contributed by atoms with van der Waals surface area (Å²) in [6.07, 6.45) is 0.982. The SMILES string of the molecule is CC(C)O.CC(C)O.CC(C)O.OC1(NCCOc2ccccc2)CCN(Cc2ccccc2)CC1.[Ti]. The van der Waals surface area contributed by atoms with Crippen molar-refractivity contribution in [1.29, 1.82) is 0 Å². The van der Waals surface area contributed by atoms with Crippen LogP contribution in [0.15, 0.2) is 60.7 Å². The molecule has 2 aromatic rings. The predicted molar refractivity (Wildman–Crippen MR) is 148 cm³/mol. The normalized spacial score (nSPS) is 14.3. The zero-order valence-corrected chi connectivity index (χ0v) is 25.2. The molecule has 5 N–H and O–H groups in total. The fourth-order valence-electron chi connectivity index (χ4n) is 3.07. The third-order valence-electron chi connectivity index (χ3n) is 4.50. The van der Waals surface area contributed by atoms with Crippen molar-refractivity contribution in [3.63, 3.8) is 0 Å². The van der Waals surface area contributed by atoms with Crippen molar-refractivity contribution in [1.82, 2.24) is 10.2 Å².